The van der Waals surface area contributed by atoms with E-state index >= 15 is 0 Å². The molecule has 0 fully saturated rings. The van der Waals surface area contributed by atoms with Gasteiger partial charge in [-0.05, 0) is 62.8 Å². The van der Waals surface area contributed by atoms with Gasteiger partial charge in [0.2, 0.25) is 23.3 Å². The predicted octanol–water partition coefficient (Wildman–Crippen LogP) is 12.9. The van der Waals surface area contributed by atoms with Crippen LogP contribution in [0.5, 0.6) is 34.5 Å². The molecule has 0 aliphatic rings. The fourth-order valence-corrected chi connectivity index (χ4v) is 6.16. The van der Waals surface area contributed by atoms with Crippen LogP contribution >= 0.6 is 0 Å². The van der Waals surface area contributed by atoms with Gasteiger partial charge < -0.3 is 37.3 Å². The first kappa shape index (κ1) is 46.2. The van der Waals surface area contributed by atoms with Crippen LogP contribution in [0.3, 0.4) is 0 Å². The highest BCUT2D eigenvalue weighted by Crippen LogP contribution is 2.44. The molecule has 4 aromatic rings. The van der Waals surface area contributed by atoms with E-state index in [4.69, 9.17) is 37.3 Å². The molecule has 322 valence electrons. The van der Waals surface area contributed by atoms with Crippen molar-refractivity contribution >= 4 is 0 Å². The normalized spacial score (nSPS) is 11.2. The molecule has 0 spiro atoms. The Kier molecular flexibility index (Phi) is 21.7. The number of unbranched alkanes of at least 4 members (excludes halogenated alkanes) is 12. The second-order valence-corrected chi connectivity index (χ2v) is 14.8. The van der Waals surface area contributed by atoms with Crippen LogP contribution < -0.4 is 28.4 Å². The van der Waals surface area contributed by atoms with Crippen molar-refractivity contribution in [2.75, 3.05) is 39.6 Å². The van der Waals surface area contributed by atoms with Gasteiger partial charge in [-0.2, -0.15) is 0 Å². The molecular weight excluding hydrogens is 737 g/mol. The number of aromatic nitrogens is 4. The van der Waals surface area contributed by atoms with E-state index in [-0.39, 0.29) is 23.6 Å². The van der Waals surface area contributed by atoms with Crippen LogP contribution in [0.25, 0.3) is 34.7 Å². The summed E-state index contributed by atoms with van der Waals surface area (Å²) in [4.78, 5) is 0. The number of ether oxygens (including phenoxy) is 6. The highest BCUT2D eigenvalue weighted by atomic mass is 16.5. The van der Waals surface area contributed by atoms with E-state index in [9.17, 15) is 0 Å². The molecule has 2 aromatic carbocycles. The van der Waals surface area contributed by atoms with E-state index in [2.05, 4.69) is 61.9 Å². The van der Waals surface area contributed by atoms with Crippen molar-refractivity contribution in [3.63, 3.8) is 0 Å². The molecule has 2 heterocycles. The molecule has 0 saturated carbocycles. The van der Waals surface area contributed by atoms with E-state index in [0.29, 0.717) is 85.3 Å². The first-order valence-electron chi connectivity index (χ1n) is 22.4. The molecule has 58 heavy (non-hydrogen) atoms. The Bertz CT molecular complexity index is 1520. The van der Waals surface area contributed by atoms with Gasteiger partial charge in [0.15, 0.2) is 23.0 Å². The first-order chi connectivity index (χ1) is 28.6. The summed E-state index contributed by atoms with van der Waals surface area (Å²) in [5.74, 6) is 4.28. The fraction of sp³-hybridized carbons (Fsp3) is 0.652. The van der Waals surface area contributed by atoms with Crippen LogP contribution in [-0.4, -0.2) is 60.0 Å². The standard InChI is InChI=1S/C46H70N4O8/c1-7-13-19-25-51-37-31-35(32-38(52-26-20-14-8-2)41(37)55-29-23-17-11-5)43-47-49-45(57-43)46-50-48-44(58-46)36-33-39(53-27-21-15-9-3)42(56-30-24-18-12-6)40(34-36)54-28-22-16-10-4/h31-34H,7-30H2,1-6H3. The second-order valence-electron chi connectivity index (χ2n) is 14.8. The van der Waals surface area contributed by atoms with Crippen LogP contribution in [0.15, 0.2) is 33.1 Å². The molecule has 4 rings (SSSR count). The first-order valence-corrected chi connectivity index (χ1v) is 22.4. The Labute approximate surface area is 347 Å². The van der Waals surface area contributed by atoms with Crippen molar-refractivity contribution in [1.29, 1.82) is 0 Å². The van der Waals surface area contributed by atoms with E-state index in [1.807, 2.05) is 24.3 Å². The minimum Gasteiger partial charge on any atom is -0.490 e. The van der Waals surface area contributed by atoms with Gasteiger partial charge in [0, 0.05) is 11.1 Å². The van der Waals surface area contributed by atoms with Crippen molar-refractivity contribution in [3.05, 3.63) is 24.3 Å². The monoisotopic (exact) mass is 807 g/mol. The third-order valence-corrected chi connectivity index (χ3v) is 9.58. The third-order valence-electron chi connectivity index (χ3n) is 9.58. The summed E-state index contributed by atoms with van der Waals surface area (Å²) in [7, 11) is 0. The summed E-state index contributed by atoms with van der Waals surface area (Å²) in [6.07, 6.45) is 18.7. The Balaban J connectivity index is 1.66. The maximum atomic E-state index is 6.34. The van der Waals surface area contributed by atoms with Gasteiger partial charge >= 0.3 is 11.8 Å². The Hall–Kier alpha value is -4.48. The van der Waals surface area contributed by atoms with E-state index in [0.717, 1.165) is 116 Å². The van der Waals surface area contributed by atoms with Gasteiger partial charge in [-0.1, -0.05) is 119 Å². The molecular formula is C46H70N4O8. The number of hydrogen-bond donors (Lipinski definition) is 0. The Morgan fingerprint density at radius 2 is 0.569 bits per heavy atom. The van der Waals surface area contributed by atoms with Crippen molar-refractivity contribution in [1.82, 2.24) is 20.4 Å². The summed E-state index contributed by atoms with van der Waals surface area (Å²) in [5, 5.41) is 17.4. The van der Waals surface area contributed by atoms with E-state index < -0.39 is 0 Å². The third kappa shape index (κ3) is 15.0. The fourth-order valence-electron chi connectivity index (χ4n) is 6.16. The molecule has 0 bridgehead atoms. The zero-order valence-corrected chi connectivity index (χ0v) is 36.3. The minimum absolute atomic E-state index is 0.0902. The number of nitrogens with zero attached hydrogens (tertiary/aromatic N) is 4. The van der Waals surface area contributed by atoms with Crippen LogP contribution in [0.4, 0.5) is 0 Å². The number of rotatable bonds is 33. The lowest BCUT2D eigenvalue weighted by Gasteiger charge is -2.18. The lowest BCUT2D eigenvalue weighted by atomic mass is 10.1. The average molecular weight is 807 g/mol. The molecule has 0 radical (unpaired) electrons. The SMILES string of the molecule is CCCCCOc1cc(-c2nnc(-c3nnc(-c4cc(OCCCCC)c(OCCCCC)c(OCCCCC)c4)o3)o2)cc(OCCCCC)c1OCCCCC. The molecule has 2 aromatic heterocycles. The highest BCUT2D eigenvalue weighted by molar-refractivity contribution is 5.67. The lowest BCUT2D eigenvalue weighted by molar-refractivity contribution is 0.235. The van der Waals surface area contributed by atoms with Crippen molar-refractivity contribution in [3.8, 4) is 69.2 Å². The number of benzene rings is 2. The average Bonchev–Trinajstić information content (AvgIpc) is 3.94. The second kappa shape index (κ2) is 27.3. The van der Waals surface area contributed by atoms with E-state index in [1.54, 1.807) is 0 Å². The van der Waals surface area contributed by atoms with E-state index in [1.165, 1.54) is 0 Å². The minimum atomic E-state index is 0.0902. The van der Waals surface area contributed by atoms with Gasteiger partial charge in [-0.15, -0.1) is 20.4 Å². The molecule has 0 saturated heterocycles. The zero-order chi connectivity index (χ0) is 41.2. The van der Waals surface area contributed by atoms with Gasteiger partial charge in [-0.3, -0.25) is 0 Å². The topological polar surface area (TPSA) is 133 Å². The molecule has 0 N–H and O–H groups in total. The molecule has 12 heteroatoms. The van der Waals surface area contributed by atoms with Gasteiger partial charge in [-0.25, -0.2) is 0 Å². The summed E-state index contributed by atoms with van der Waals surface area (Å²) < 4.78 is 50.4. The summed E-state index contributed by atoms with van der Waals surface area (Å²) >= 11 is 0. The molecule has 0 atom stereocenters. The lowest BCUT2D eigenvalue weighted by Crippen LogP contribution is -2.06. The summed E-state index contributed by atoms with van der Waals surface area (Å²) in [6, 6.07) is 7.53. The molecule has 0 aliphatic carbocycles. The largest absolute Gasteiger partial charge is 0.490 e. The molecule has 12 nitrogen and oxygen atoms in total. The molecule has 0 unspecified atom stereocenters. The quantitative estimate of drug-likeness (QED) is 0.0424. The van der Waals surface area contributed by atoms with Crippen molar-refractivity contribution in [2.24, 2.45) is 0 Å². The van der Waals surface area contributed by atoms with Gasteiger partial charge in [0.25, 0.3) is 0 Å². The van der Waals surface area contributed by atoms with Crippen LogP contribution in [0, 0.1) is 0 Å². The van der Waals surface area contributed by atoms with Crippen LogP contribution in [-0.2, 0) is 0 Å². The number of hydrogen-bond acceptors (Lipinski definition) is 12. The predicted molar refractivity (Wildman–Crippen MR) is 229 cm³/mol. The van der Waals surface area contributed by atoms with Crippen molar-refractivity contribution in [2.45, 2.75) is 157 Å². The molecule has 0 amide bonds. The highest BCUT2D eigenvalue weighted by Gasteiger charge is 2.24. The zero-order valence-electron chi connectivity index (χ0n) is 36.3. The Morgan fingerprint density at radius 1 is 0.328 bits per heavy atom. The van der Waals surface area contributed by atoms with Crippen LogP contribution in [0.2, 0.25) is 0 Å². The molecule has 0 aliphatic heterocycles. The van der Waals surface area contributed by atoms with Gasteiger partial charge in [0.1, 0.15) is 0 Å². The summed E-state index contributed by atoms with van der Waals surface area (Å²) in [5.41, 5.74) is 1.28. The van der Waals surface area contributed by atoms with Crippen molar-refractivity contribution < 1.29 is 37.3 Å². The maximum Gasteiger partial charge on any atom is 0.306 e. The smallest absolute Gasteiger partial charge is 0.306 e. The Morgan fingerprint density at radius 3 is 0.828 bits per heavy atom. The van der Waals surface area contributed by atoms with Crippen LogP contribution in [0.1, 0.15) is 157 Å². The van der Waals surface area contributed by atoms with Gasteiger partial charge in [0.05, 0.1) is 39.6 Å². The summed E-state index contributed by atoms with van der Waals surface area (Å²) in [6.45, 7) is 16.4. The maximum absolute atomic E-state index is 6.34.